The van der Waals surface area contributed by atoms with Gasteiger partial charge in [0.25, 0.3) is 0 Å². The van der Waals surface area contributed by atoms with E-state index in [4.69, 9.17) is 5.73 Å². The van der Waals surface area contributed by atoms with Crippen molar-refractivity contribution in [3.63, 3.8) is 0 Å². The summed E-state index contributed by atoms with van der Waals surface area (Å²) in [6.45, 7) is 2.28. The van der Waals surface area contributed by atoms with Crippen LogP contribution in [0.4, 0.5) is 4.39 Å². The van der Waals surface area contributed by atoms with Gasteiger partial charge in [-0.25, -0.2) is 4.39 Å². The maximum absolute atomic E-state index is 13.8. The van der Waals surface area contributed by atoms with Crippen molar-refractivity contribution >= 4 is 0 Å². The third-order valence-corrected chi connectivity index (χ3v) is 3.83. The maximum atomic E-state index is 13.8. The molecule has 0 saturated heterocycles. The molecule has 0 aromatic heterocycles. The predicted molar refractivity (Wildman–Crippen MR) is 83.7 cm³/mol. The highest BCUT2D eigenvalue weighted by Crippen LogP contribution is 2.24. The van der Waals surface area contributed by atoms with E-state index in [0.717, 1.165) is 6.42 Å². The molecule has 0 aliphatic carbocycles. The molecule has 3 N–H and O–H groups in total. The number of nitrogens with two attached hydrogens (primary N) is 1. The van der Waals surface area contributed by atoms with E-state index in [9.17, 15) is 9.50 Å². The minimum atomic E-state index is -0.646. The lowest BCUT2D eigenvalue weighted by molar-refractivity contribution is 0.134. The summed E-state index contributed by atoms with van der Waals surface area (Å²) in [5, 5.41) is 10.4. The molecule has 21 heavy (non-hydrogen) atoms. The first kappa shape index (κ1) is 15.7. The molecule has 0 fully saturated rings. The van der Waals surface area contributed by atoms with Gasteiger partial charge in [0, 0.05) is 12.5 Å². The monoisotopic (exact) mass is 287 g/mol. The fourth-order valence-corrected chi connectivity index (χ4v) is 2.65. The van der Waals surface area contributed by atoms with E-state index in [1.54, 1.807) is 18.2 Å². The Morgan fingerprint density at radius 1 is 1.14 bits per heavy atom. The van der Waals surface area contributed by atoms with Gasteiger partial charge < -0.3 is 10.8 Å². The molecule has 0 aliphatic heterocycles. The zero-order chi connectivity index (χ0) is 15.2. The van der Waals surface area contributed by atoms with E-state index < -0.39 is 6.10 Å². The number of halogens is 1. The molecular formula is C18H22FNO. The Kier molecular flexibility index (Phi) is 5.48. The Hall–Kier alpha value is -1.71. The second-order valence-corrected chi connectivity index (χ2v) is 5.46. The molecular weight excluding hydrogens is 265 g/mol. The average Bonchev–Trinajstić information content (AvgIpc) is 2.48. The molecule has 0 amide bonds. The zero-order valence-electron chi connectivity index (χ0n) is 12.3. The number of hydrogen-bond donors (Lipinski definition) is 2. The van der Waals surface area contributed by atoms with Crippen LogP contribution in [-0.4, -0.2) is 17.8 Å². The minimum absolute atomic E-state index is 0.232. The third kappa shape index (κ3) is 4.13. The predicted octanol–water partition coefficient (Wildman–Crippen LogP) is 3.17. The maximum Gasteiger partial charge on any atom is 0.126 e. The van der Waals surface area contributed by atoms with Gasteiger partial charge in [-0.3, -0.25) is 0 Å². The second kappa shape index (κ2) is 7.34. The molecule has 0 saturated carbocycles. The van der Waals surface area contributed by atoms with Gasteiger partial charge in [0.05, 0.1) is 6.10 Å². The van der Waals surface area contributed by atoms with Gasteiger partial charge in [0.2, 0.25) is 0 Å². The zero-order valence-corrected chi connectivity index (χ0v) is 12.3. The SMILES string of the molecule is Cc1cccc(CCC(O)C(CN)c2ccccc2F)c1. The van der Waals surface area contributed by atoms with Crippen molar-refractivity contribution in [3.05, 3.63) is 71.0 Å². The molecule has 2 rings (SSSR count). The van der Waals surface area contributed by atoms with Gasteiger partial charge in [-0.2, -0.15) is 0 Å². The molecule has 0 spiro atoms. The molecule has 3 heteroatoms. The molecule has 2 unspecified atom stereocenters. The van der Waals surface area contributed by atoms with E-state index in [1.165, 1.54) is 17.2 Å². The van der Waals surface area contributed by atoms with Crippen molar-refractivity contribution in [2.45, 2.75) is 31.8 Å². The van der Waals surface area contributed by atoms with Gasteiger partial charge in [-0.05, 0) is 37.0 Å². The summed E-state index contributed by atoms with van der Waals surface area (Å²) < 4.78 is 13.8. The normalized spacial score (nSPS) is 13.9. The number of aryl methyl sites for hydroxylation is 2. The minimum Gasteiger partial charge on any atom is -0.392 e. The highest BCUT2D eigenvalue weighted by molar-refractivity contribution is 5.25. The topological polar surface area (TPSA) is 46.2 Å². The molecule has 0 aliphatic rings. The van der Waals surface area contributed by atoms with Gasteiger partial charge in [-0.1, -0.05) is 48.0 Å². The van der Waals surface area contributed by atoms with Crippen molar-refractivity contribution < 1.29 is 9.50 Å². The van der Waals surface area contributed by atoms with Crippen molar-refractivity contribution in [3.8, 4) is 0 Å². The van der Waals surface area contributed by atoms with E-state index in [2.05, 4.69) is 6.07 Å². The first-order valence-corrected chi connectivity index (χ1v) is 7.30. The fourth-order valence-electron chi connectivity index (χ4n) is 2.65. The molecule has 2 aromatic carbocycles. The van der Waals surface area contributed by atoms with Crippen LogP contribution in [0.2, 0.25) is 0 Å². The number of aliphatic hydroxyl groups is 1. The van der Waals surface area contributed by atoms with Crippen LogP contribution >= 0.6 is 0 Å². The van der Waals surface area contributed by atoms with Crippen LogP contribution in [0.5, 0.6) is 0 Å². The smallest absolute Gasteiger partial charge is 0.126 e. The molecule has 0 radical (unpaired) electrons. The summed E-state index contributed by atoms with van der Waals surface area (Å²) >= 11 is 0. The Balaban J connectivity index is 2.04. The summed E-state index contributed by atoms with van der Waals surface area (Å²) in [6.07, 6.45) is 0.681. The molecule has 0 bridgehead atoms. The highest BCUT2D eigenvalue weighted by atomic mass is 19.1. The Bertz CT molecular complexity index is 585. The number of benzene rings is 2. The standard InChI is InChI=1S/C18H22FNO/c1-13-5-4-6-14(11-13)9-10-18(21)16(12-20)15-7-2-3-8-17(15)19/h2-8,11,16,18,21H,9-10,12,20H2,1H3. The molecule has 2 atom stereocenters. The quantitative estimate of drug-likeness (QED) is 0.857. The van der Waals surface area contributed by atoms with E-state index >= 15 is 0 Å². The summed E-state index contributed by atoms with van der Waals surface area (Å²) in [6, 6.07) is 14.7. The second-order valence-electron chi connectivity index (χ2n) is 5.46. The van der Waals surface area contributed by atoms with E-state index in [0.29, 0.717) is 12.0 Å². The van der Waals surface area contributed by atoms with Crippen molar-refractivity contribution in [2.24, 2.45) is 5.73 Å². The fraction of sp³-hybridized carbons (Fsp3) is 0.333. The van der Waals surface area contributed by atoms with Gasteiger partial charge >= 0.3 is 0 Å². The van der Waals surface area contributed by atoms with Gasteiger partial charge in [-0.15, -0.1) is 0 Å². The van der Waals surface area contributed by atoms with Crippen LogP contribution in [0.1, 0.15) is 29.0 Å². The van der Waals surface area contributed by atoms with Crippen LogP contribution in [0, 0.1) is 12.7 Å². The molecule has 0 heterocycles. The summed E-state index contributed by atoms with van der Waals surface area (Å²) in [5.41, 5.74) is 8.62. The summed E-state index contributed by atoms with van der Waals surface area (Å²) in [7, 11) is 0. The Morgan fingerprint density at radius 2 is 1.90 bits per heavy atom. The van der Waals surface area contributed by atoms with E-state index in [1.807, 2.05) is 25.1 Å². The van der Waals surface area contributed by atoms with Gasteiger partial charge in [0.15, 0.2) is 0 Å². The van der Waals surface area contributed by atoms with E-state index in [-0.39, 0.29) is 18.3 Å². The van der Waals surface area contributed by atoms with Crippen LogP contribution in [-0.2, 0) is 6.42 Å². The van der Waals surface area contributed by atoms with Crippen molar-refractivity contribution in [2.75, 3.05) is 6.54 Å². The van der Waals surface area contributed by atoms with Crippen LogP contribution in [0.15, 0.2) is 48.5 Å². The average molecular weight is 287 g/mol. The van der Waals surface area contributed by atoms with Crippen molar-refractivity contribution in [1.29, 1.82) is 0 Å². The molecule has 112 valence electrons. The third-order valence-electron chi connectivity index (χ3n) is 3.83. The lowest BCUT2D eigenvalue weighted by Crippen LogP contribution is -2.27. The largest absolute Gasteiger partial charge is 0.392 e. The molecule has 2 nitrogen and oxygen atoms in total. The number of rotatable bonds is 6. The van der Waals surface area contributed by atoms with Crippen molar-refractivity contribution in [1.82, 2.24) is 0 Å². The lowest BCUT2D eigenvalue weighted by atomic mass is 9.89. The summed E-state index contributed by atoms with van der Waals surface area (Å²) in [4.78, 5) is 0. The number of hydrogen-bond acceptors (Lipinski definition) is 2. The Labute approximate surface area is 125 Å². The highest BCUT2D eigenvalue weighted by Gasteiger charge is 2.22. The van der Waals surface area contributed by atoms with Gasteiger partial charge in [0.1, 0.15) is 5.82 Å². The van der Waals surface area contributed by atoms with Crippen LogP contribution in [0.25, 0.3) is 0 Å². The Morgan fingerprint density at radius 3 is 2.57 bits per heavy atom. The number of aliphatic hydroxyl groups excluding tert-OH is 1. The first-order valence-electron chi connectivity index (χ1n) is 7.30. The molecule has 2 aromatic rings. The first-order chi connectivity index (χ1) is 10.1. The van der Waals surface area contributed by atoms with Crippen LogP contribution in [0.3, 0.4) is 0 Å². The summed E-state index contributed by atoms with van der Waals surface area (Å²) in [5.74, 6) is -0.668. The lowest BCUT2D eigenvalue weighted by Gasteiger charge is -2.22. The van der Waals surface area contributed by atoms with Crippen LogP contribution < -0.4 is 5.73 Å².